The summed E-state index contributed by atoms with van der Waals surface area (Å²) in [5, 5.41) is 7.48. The summed E-state index contributed by atoms with van der Waals surface area (Å²) in [5.41, 5.74) is 8.44. The fraction of sp³-hybridized carbons (Fsp3) is 0. The van der Waals surface area contributed by atoms with Gasteiger partial charge in [0.25, 0.3) is 0 Å². The number of nitrogens with zero attached hydrogens (tertiary/aromatic N) is 4. The molecule has 8 aromatic carbocycles. The van der Waals surface area contributed by atoms with Gasteiger partial charge in [-0.15, -0.1) is 0 Å². The van der Waals surface area contributed by atoms with E-state index < -0.39 is 0 Å². The van der Waals surface area contributed by atoms with Crippen LogP contribution in [0.1, 0.15) is 0 Å². The molecule has 10 rings (SSSR count). The maximum atomic E-state index is 5.13. The normalized spacial score (nSPS) is 11.5. The van der Waals surface area contributed by atoms with E-state index in [0.29, 0.717) is 17.5 Å². The van der Waals surface area contributed by atoms with Crippen molar-refractivity contribution in [3.05, 3.63) is 182 Å². The zero-order chi connectivity index (χ0) is 33.7. The lowest BCUT2D eigenvalue weighted by Crippen LogP contribution is -2.01. The Balaban J connectivity index is 1.19. The van der Waals surface area contributed by atoms with E-state index in [1.54, 1.807) is 0 Å². The maximum absolute atomic E-state index is 5.13. The molecule has 0 amide bonds. The van der Waals surface area contributed by atoms with Gasteiger partial charge in [-0.05, 0) is 63.0 Å². The van der Waals surface area contributed by atoms with E-state index in [1.807, 2.05) is 36.4 Å². The van der Waals surface area contributed by atoms with Crippen LogP contribution >= 0.6 is 0 Å². The van der Waals surface area contributed by atoms with Gasteiger partial charge in [0, 0.05) is 33.2 Å². The van der Waals surface area contributed by atoms with Crippen LogP contribution in [0.5, 0.6) is 0 Å². The van der Waals surface area contributed by atoms with Crippen molar-refractivity contribution >= 4 is 43.4 Å². The molecule has 2 aromatic heterocycles. The molecule has 238 valence electrons. The lowest BCUT2D eigenvalue weighted by molar-refractivity contribution is 1.07. The lowest BCUT2D eigenvalue weighted by atomic mass is 10.00. The van der Waals surface area contributed by atoms with Crippen LogP contribution in [0.2, 0.25) is 0 Å². The van der Waals surface area contributed by atoms with Gasteiger partial charge in [0.15, 0.2) is 17.5 Å². The lowest BCUT2D eigenvalue weighted by Gasteiger charge is -2.12. The van der Waals surface area contributed by atoms with Crippen molar-refractivity contribution in [3.8, 4) is 51.0 Å². The van der Waals surface area contributed by atoms with E-state index >= 15 is 0 Å². The van der Waals surface area contributed by atoms with Crippen LogP contribution in [-0.4, -0.2) is 19.5 Å². The predicted octanol–water partition coefficient (Wildman–Crippen LogP) is 11.9. The van der Waals surface area contributed by atoms with Crippen LogP contribution in [0.4, 0.5) is 0 Å². The maximum Gasteiger partial charge on any atom is 0.164 e. The summed E-state index contributed by atoms with van der Waals surface area (Å²) in [6.07, 6.45) is 0. The molecule has 4 nitrogen and oxygen atoms in total. The van der Waals surface area contributed by atoms with E-state index in [2.05, 4.69) is 150 Å². The third kappa shape index (κ3) is 4.96. The van der Waals surface area contributed by atoms with Gasteiger partial charge in [-0.1, -0.05) is 152 Å². The molecular formula is C47H30N4. The first-order valence-corrected chi connectivity index (χ1v) is 17.2. The van der Waals surface area contributed by atoms with Crippen LogP contribution < -0.4 is 0 Å². The Labute approximate surface area is 295 Å². The Kier molecular flexibility index (Phi) is 6.78. The molecular weight excluding hydrogens is 621 g/mol. The molecule has 0 saturated heterocycles. The Morgan fingerprint density at radius 2 is 0.765 bits per heavy atom. The van der Waals surface area contributed by atoms with E-state index in [0.717, 1.165) is 44.5 Å². The first-order chi connectivity index (χ1) is 25.3. The molecule has 10 aromatic rings. The summed E-state index contributed by atoms with van der Waals surface area (Å²) < 4.78 is 2.39. The van der Waals surface area contributed by atoms with Crippen LogP contribution in [-0.2, 0) is 0 Å². The third-order valence-corrected chi connectivity index (χ3v) is 9.80. The van der Waals surface area contributed by atoms with Gasteiger partial charge < -0.3 is 4.57 Å². The Morgan fingerprint density at radius 3 is 1.37 bits per heavy atom. The van der Waals surface area contributed by atoms with Gasteiger partial charge in [0.1, 0.15) is 0 Å². The highest BCUT2D eigenvalue weighted by atomic mass is 15.0. The molecule has 0 radical (unpaired) electrons. The van der Waals surface area contributed by atoms with Crippen molar-refractivity contribution in [1.29, 1.82) is 0 Å². The number of hydrogen-bond donors (Lipinski definition) is 0. The number of fused-ring (bicyclic) bond motifs is 7. The SMILES string of the molecule is c1ccc(-c2cccc(-c3nc(-c4ccccc4)nc(-c4cccc(-n5c6ccc7ccccc7c6c6c7ccccc7ccc65)c4)n3)c2)cc1. The van der Waals surface area contributed by atoms with E-state index in [9.17, 15) is 0 Å². The minimum absolute atomic E-state index is 0.627. The largest absolute Gasteiger partial charge is 0.309 e. The van der Waals surface area contributed by atoms with Crippen LogP contribution in [0.3, 0.4) is 0 Å². The molecule has 0 atom stereocenters. The van der Waals surface area contributed by atoms with Gasteiger partial charge in [0.05, 0.1) is 11.0 Å². The number of benzene rings is 8. The molecule has 0 saturated carbocycles. The monoisotopic (exact) mass is 650 g/mol. The van der Waals surface area contributed by atoms with Crippen LogP contribution in [0.15, 0.2) is 182 Å². The number of rotatable bonds is 5. The summed E-state index contributed by atoms with van der Waals surface area (Å²) in [7, 11) is 0. The summed E-state index contributed by atoms with van der Waals surface area (Å²) in [5.74, 6) is 1.90. The molecule has 0 aliphatic heterocycles. The number of hydrogen-bond acceptors (Lipinski definition) is 3. The zero-order valence-corrected chi connectivity index (χ0v) is 27.6. The van der Waals surface area contributed by atoms with E-state index in [4.69, 9.17) is 15.0 Å². The second-order valence-corrected chi connectivity index (χ2v) is 12.9. The molecule has 4 heteroatoms. The van der Waals surface area contributed by atoms with Crippen molar-refractivity contribution in [1.82, 2.24) is 19.5 Å². The third-order valence-electron chi connectivity index (χ3n) is 9.80. The Hall–Kier alpha value is -6.91. The molecule has 0 aliphatic carbocycles. The summed E-state index contributed by atoms with van der Waals surface area (Å²) >= 11 is 0. The summed E-state index contributed by atoms with van der Waals surface area (Å²) in [6.45, 7) is 0. The second kappa shape index (κ2) is 11.9. The molecule has 0 bridgehead atoms. The second-order valence-electron chi connectivity index (χ2n) is 12.9. The van der Waals surface area contributed by atoms with Gasteiger partial charge in [-0.25, -0.2) is 15.0 Å². The number of aromatic nitrogens is 4. The van der Waals surface area contributed by atoms with Gasteiger partial charge >= 0.3 is 0 Å². The minimum atomic E-state index is 0.627. The average molecular weight is 651 g/mol. The topological polar surface area (TPSA) is 43.6 Å². The highest BCUT2D eigenvalue weighted by Gasteiger charge is 2.19. The van der Waals surface area contributed by atoms with E-state index in [-0.39, 0.29) is 0 Å². The van der Waals surface area contributed by atoms with Gasteiger partial charge in [0.2, 0.25) is 0 Å². The average Bonchev–Trinajstić information content (AvgIpc) is 3.57. The van der Waals surface area contributed by atoms with Gasteiger partial charge in [-0.3, -0.25) is 0 Å². The molecule has 0 aliphatic rings. The smallest absolute Gasteiger partial charge is 0.164 e. The molecule has 0 N–H and O–H groups in total. The molecule has 0 fully saturated rings. The minimum Gasteiger partial charge on any atom is -0.309 e. The summed E-state index contributed by atoms with van der Waals surface area (Å²) in [6, 6.07) is 63.9. The fourth-order valence-corrected chi connectivity index (χ4v) is 7.43. The molecule has 2 heterocycles. The van der Waals surface area contributed by atoms with Crippen LogP contribution in [0.25, 0.3) is 94.3 Å². The first-order valence-electron chi connectivity index (χ1n) is 17.2. The Morgan fingerprint density at radius 1 is 0.314 bits per heavy atom. The highest BCUT2D eigenvalue weighted by molar-refractivity contribution is 6.28. The van der Waals surface area contributed by atoms with Crippen molar-refractivity contribution in [3.63, 3.8) is 0 Å². The van der Waals surface area contributed by atoms with Gasteiger partial charge in [-0.2, -0.15) is 0 Å². The zero-order valence-electron chi connectivity index (χ0n) is 27.6. The molecule has 0 unspecified atom stereocenters. The predicted molar refractivity (Wildman–Crippen MR) is 211 cm³/mol. The van der Waals surface area contributed by atoms with Crippen molar-refractivity contribution in [2.24, 2.45) is 0 Å². The Bertz CT molecular complexity index is 2820. The standard InChI is InChI=1S/C47H30N4/c1-3-13-31(14-4-1)35-19-11-20-36(29-35)46-48-45(34-17-5-2-6-18-34)49-47(50-46)37-21-12-22-38(30-37)51-41-27-25-32-15-7-9-23-39(32)43(41)44-40-24-10-8-16-33(40)26-28-42(44)51/h1-30H. The first kappa shape index (κ1) is 29.0. The highest BCUT2D eigenvalue weighted by Crippen LogP contribution is 2.41. The van der Waals surface area contributed by atoms with Crippen molar-refractivity contribution in [2.45, 2.75) is 0 Å². The summed E-state index contributed by atoms with van der Waals surface area (Å²) in [4.78, 5) is 15.2. The van der Waals surface area contributed by atoms with Crippen molar-refractivity contribution in [2.75, 3.05) is 0 Å². The fourth-order valence-electron chi connectivity index (χ4n) is 7.43. The van der Waals surface area contributed by atoms with Crippen molar-refractivity contribution < 1.29 is 0 Å². The quantitative estimate of drug-likeness (QED) is 0.186. The van der Waals surface area contributed by atoms with Crippen LogP contribution in [0, 0.1) is 0 Å². The van der Waals surface area contributed by atoms with E-state index in [1.165, 1.54) is 32.3 Å². The molecule has 51 heavy (non-hydrogen) atoms. The molecule has 0 spiro atoms.